The first-order chi connectivity index (χ1) is 5.11. The van der Waals surface area contributed by atoms with Crippen LogP contribution >= 0.6 is 0 Å². The van der Waals surface area contributed by atoms with Crippen molar-refractivity contribution in [1.29, 1.82) is 0 Å². The Labute approximate surface area is 64.2 Å². The first-order valence-electron chi connectivity index (χ1n) is 3.40. The minimum Gasteiger partial charge on any atom is -0.299 e. The second kappa shape index (κ2) is 1.95. The maximum Gasteiger partial charge on any atom is 0.251 e. The van der Waals surface area contributed by atoms with E-state index in [0.717, 1.165) is 0 Å². The minimum absolute atomic E-state index is 0.361. The van der Waals surface area contributed by atoms with Crippen molar-refractivity contribution in [3.8, 4) is 0 Å². The first-order valence-corrected chi connectivity index (χ1v) is 4.95. The number of carbonyl (C=O) groups excluding carboxylic acids is 1. The van der Waals surface area contributed by atoms with E-state index in [1.807, 2.05) is 4.72 Å². The average molecular weight is 176 g/mol. The van der Waals surface area contributed by atoms with Crippen molar-refractivity contribution in [1.82, 2.24) is 10.0 Å². The Bertz CT molecular complexity index is 297. The number of rotatable bonds is 0. The quantitative estimate of drug-likeness (QED) is 0.465. The van der Waals surface area contributed by atoms with Gasteiger partial charge in [0.2, 0.25) is 5.91 Å². The molecule has 2 unspecified atom stereocenters. The van der Waals surface area contributed by atoms with Gasteiger partial charge in [0.05, 0.1) is 5.92 Å². The average Bonchev–Trinajstić information content (AvgIpc) is 2.37. The second-order valence-corrected chi connectivity index (χ2v) is 4.58. The summed E-state index contributed by atoms with van der Waals surface area (Å²) in [6, 6.07) is 0. The number of fused-ring (bicyclic) bond motifs is 1. The summed E-state index contributed by atoms with van der Waals surface area (Å²) >= 11 is 0. The SMILES string of the molecule is O=C1NS(=O)(=O)C2NCCC12. The lowest BCUT2D eigenvalue weighted by molar-refractivity contribution is -0.121. The number of sulfonamides is 1. The van der Waals surface area contributed by atoms with Crippen molar-refractivity contribution in [2.75, 3.05) is 6.54 Å². The Hall–Kier alpha value is -0.620. The van der Waals surface area contributed by atoms with Crippen LogP contribution < -0.4 is 10.0 Å². The molecule has 2 aliphatic rings. The minimum atomic E-state index is -3.38. The molecule has 2 N–H and O–H groups in total. The van der Waals surface area contributed by atoms with Crippen LogP contribution in [0.3, 0.4) is 0 Å². The van der Waals surface area contributed by atoms with Crippen molar-refractivity contribution in [3.05, 3.63) is 0 Å². The lowest BCUT2D eigenvalue weighted by Gasteiger charge is -2.02. The van der Waals surface area contributed by atoms with Crippen molar-refractivity contribution >= 4 is 15.9 Å². The van der Waals surface area contributed by atoms with Crippen molar-refractivity contribution in [3.63, 3.8) is 0 Å². The summed E-state index contributed by atoms with van der Waals surface area (Å²) in [5.41, 5.74) is 0. The summed E-state index contributed by atoms with van der Waals surface area (Å²) in [6.07, 6.45) is 0.621. The maximum absolute atomic E-state index is 11.1. The van der Waals surface area contributed by atoms with Crippen molar-refractivity contribution in [2.24, 2.45) is 5.92 Å². The third-order valence-electron chi connectivity index (χ3n) is 2.08. The molecule has 62 valence electrons. The van der Waals surface area contributed by atoms with Crippen LogP contribution in [0.25, 0.3) is 0 Å². The molecule has 2 rings (SSSR count). The number of hydrogen-bond donors (Lipinski definition) is 2. The van der Waals surface area contributed by atoms with Crippen LogP contribution in [0.15, 0.2) is 0 Å². The molecule has 2 heterocycles. The van der Waals surface area contributed by atoms with Crippen molar-refractivity contribution < 1.29 is 13.2 Å². The van der Waals surface area contributed by atoms with Crippen molar-refractivity contribution in [2.45, 2.75) is 11.8 Å². The Kier molecular flexibility index (Phi) is 1.25. The molecule has 2 saturated heterocycles. The van der Waals surface area contributed by atoms with E-state index in [9.17, 15) is 13.2 Å². The van der Waals surface area contributed by atoms with Crippen LogP contribution in [-0.2, 0) is 14.8 Å². The number of nitrogens with one attached hydrogen (secondary N) is 2. The van der Waals surface area contributed by atoms with Gasteiger partial charge in [0.15, 0.2) is 0 Å². The van der Waals surface area contributed by atoms with E-state index in [4.69, 9.17) is 0 Å². The zero-order valence-corrected chi connectivity index (χ0v) is 6.52. The molecule has 0 aromatic carbocycles. The summed E-state index contributed by atoms with van der Waals surface area (Å²) in [4.78, 5) is 10.9. The van der Waals surface area contributed by atoms with E-state index in [-0.39, 0.29) is 11.8 Å². The van der Waals surface area contributed by atoms with Gasteiger partial charge in [0.1, 0.15) is 5.37 Å². The highest BCUT2D eigenvalue weighted by Gasteiger charge is 2.48. The summed E-state index contributed by atoms with van der Waals surface area (Å²) in [5.74, 6) is -0.722. The zero-order chi connectivity index (χ0) is 8.06. The van der Waals surface area contributed by atoms with E-state index in [1.54, 1.807) is 0 Å². The molecule has 0 radical (unpaired) electrons. The molecule has 0 aromatic rings. The largest absolute Gasteiger partial charge is 0.299 e. The van der Waals surface area contributed by atoms with Gasteiger partial charge in [0.25, 0.3) is 10.0 Å². The molecule has 2 aliphatic heterocycles. The standard InChI is InChI=1S/C5H8N2O3S/c8-4-3-1-2-6-5(3)11(9,10)7-4/h3,5-6H,1-2H2,(H,7,8). The fraction of sp³-hybridized carbons (Fsp3) is 0.800. The summed E-state index contributed by atoms with van der Waals surface area (Å²) in [6.45, 7) is 0.613. The predicted molar refractivity (Wildman–Crippen MR) is 37.0 cm³/mol. The van der Waals surface area contributed by atoms with Crippen LogP contribution in [-0.4, -0.2) is 26.2 Å². The molecule has 1 amide bonds. The molecule has 11 heavy (non-hydrogen) atoms. The van der Waals surface area contributed by atoms with E-state index in [1.165, 1.54) is 0 Å². The van der Waals surface area contributed by atoms with Gasteiger partial charge in [0, 0.05) is 0 Å². The van der Waals surface area contributed by atoms with Gasteiger partial charge in [-0.1, -0.05) is 0 Å². The molecule has 0 bridgehead atoms. The second-order valence-electron chi connectivity index (χ2n) is 2.78. The molecular weight excluding hydrogens is 168 g/mol. The number of hydrogen-bond acceptors (Lipinski definition) is 4. The normalized spacial score (nSPS) is 40.2. The first kappa shape index (κ1) is 7.05. The fourth-order valence-electron chi connectivity index (χ4n) is 1.55. The Balaban J connectivity index is 2.42. The molecule has 6 heteroatoms. The maximum atomic E-state index is 11.1. The van der Waals surface area contributed by atoms with E-state index < -0.39 is 15.4 Å². The summed E-state index contributed by atoms with van der Waals surface area (Å²) in [5, 5.41) is 2.10. The molecular formula is C5H8N2O3S. The number of carbonyl (C=O) groups is 1. The summed E-state index contributed by atoms with van der Waals surface area (Å²) < 4.78 is 24.1. The monoisotopic (exact) mass is 176 g/mol. The highest BCUT2D eigenvalue weighted by atomic mass is 32.2. The fourth-order valence-corrected chi connectivity index (χ4v) is 3.14. The third-order valence-corrected chi connectivity index (χ3v) is 3.73. The van der Waals surface area contributed by atoms with Gasteiger partial charge < -0.3 is 0 Å². The molecule has 5 nitrogen and oxygen atoms in total. The predicted octanol–water partition coefficient (Wildman–Crippen LogP) is -1.62. The van der Waals surface area contributed by atoms with Gasteiger partial charge in [-0.15, -0.1) is 0 Å². The zero-order valence-electron chi connectivity index (χ0n) is 5.70. The van der Waals surface area contributed by atoms with E-state index in [2.05, 4.69) is 5.32 Å². The molecule has 2 atom stereocenters. The van der Waals surface area contributed by atoms with Crippen LogP contribution in [0, 0.1) is 5.92 Å². The summed E-state index contributed by atoms with van der Waals surface area (Å²) in [7, 11) is -3.38. The Morgan fingerprint density at radius 3 is 2.82 bits per heavy atom. The van der Waals surface area contributed by atoms with Gasteiger partial charge in [-0.05, 0) is 13.0 Å². The Morgan fingerprint density at radius 2 is 2.18 bits per heavy atom. The molecule has 0 aromatic heterocycles. The molecule has 0 aliphatic carbocycles. The highest BCUT2D eigenvalue weighted by molar-refractivity contribution is 7.91. The van der Waals surface area contributed by atoms with Gasteiger partial charge in [-0.3, -0.25) is 14.8 Å². The smallest absolute Gasteiger partial charge is 0.251 e. The van der Waals surface area contributed by atoms with Crippen LogP contribution in [0.5, 0.6) is 0 Å². The van der Waals surface area contributed by atoms with Crippen LogP contribution in [0.4, 0.5) is 0 Å². The van der Waals surface area contributed by atoms with E-state index >= 15 is 0 Å². The molecule has 0 saturated carbocycles. The topological polar surface area (TPSA) is 75.3 Å². The number of amides is 1. The van der Waals surface area contributed by atoms with Gasteiger partial charge in [-0.25, -0.2) is 8.42 Å². The lowest BCUT2D eigenvalue weighted by Crippen LogP contribution is -2.33. The Morgan fingerprint density at radius 1 is 1.45 bits per heavy atom. The highest BCUT2D eigenvalue weighted by Crippen LogP contribution is 2.25. The third kappa shape index (κ3) is 0.860. The van der Waals surface area contributed by atoms with Crippen LogP contribution in [0.2, 0.25) is 0 Å². The lowest BCUT2D eigenvalue weighted by atomic mass is 10.1. The molecule has 2 fully saturated rings. The van der Waals surface area contributed by atoms with Gasteiger partial charge in [-0.2, -0.15) is 0 Å². The van der Waals surface area contributed by atoms with Crippen LogP contribution in [0.1, 0.15) is 6.42 Å². The molecule has 0 spiro atoms. The van der Waals surface area contributed by atoms with E-state index in [0.29, 0.717) is 13.0 Å². The van der Waals surface area contributed by atoms with Gasteiger partial charge >= 0.3 is 0 Å².